The molecule has 3 aromatic heterocycles. The van der Waals surface area contributed by atoms with Gasteiger partial charge >= 0.3 is 0 Å². The first kappa shape index (κ1) is 22.5. The van der Waals surface area contributed by atoms with Gasteiger partial charge in [0.2, 0.25) is 5.91 Å². The molecule has 0 unspecified atom stereocenters. The number of anilines is 1. The van der Waals surface area contributed by atoms with Crippen LogP contribution in [-0.4, -0.2) is 36.8 Å². The summed E-state index contributed by atoms with van der Waals surface area (Å²) in [5.74, 6) is 0.358. The molecule has 170 valence electrons. The molecule has 0 aliphatic rings. The van der Waals surface area contributed by atoms with Gasteiger partial charge in [0.05, 0.1) is 24.3 Å². The summed E-state index contributed by atoms with van der Waals surface area (Å²) >= 11 is 1.17. The lowest BCUT2D eigenvalue weighted by Gasteiger charge is -2.12. The second-order valence-corrected chi connectivity index (χ2v) is 8.38. The molecule has 0 aliphatic carbocycles. The number of nitrogens with one attached hydrogen (secondary N) is 1. The van der Waals surface area contributed by atoms with E-state index in [1.54, 1.807) is 47.3 Å². The summed E-state index contributed by atoms with van der Waals surface area (Å²) in [4.78, 5) is 42.0. The first-order valence-electron chi connectivity index (χ1n) is 10.4. The van der Waals surface area contributed by atoms with Crippen molar-refractivity contribution in [2.24, 2.45) is 0 Å². The molecule has 0 spiro atoms. The Hall–Kier alpha value is -3.66. The van der Waals surface area contributed by atoms with Crippen LogP contribution in [0.15, 0.2) is 57.0 Å². The molecule has 0 aliphatic heterocycles. The minimum absolute atomic E-state index is 0.0406. The van der Waals surface area contributed by atoms with Crippen LogP contribution in [0.25, 0.3) is 11.0 Å². The van der Waals surface area contributed by atoms with Gasteiger partial charge in [-0.2, -0.15) is 5.10 Å². The molecular formula is C23H23N5O4S. The molecule has 33 heavy (non-hydrogen) atoms. The number of thioether (sulfide) groups is 1. The van der Waals surface area contributed by atoms with Crippen LogP contribution in [0, 0.1) is 6.92 Å². The van der Waals surface area contributed by atoms with Gasteiger partial charge in [-0.05, 0) is 57.2 Å². The summed E-state index contributed by atoms with van der Waals surface area (Å²) in [5.41, 5.74) is 2.54. The van der Waals surface area contributed by atoms with Gasteiger partial charge in [0.1, 0.15) is 11.3 Å². The third kappa shape index (κ3) is 4.75. The Kier molecular flexibility index (Phi) is 6.45. The molecule has 10 heteroatoms. The molecule has 0 atom stereocenters. The molecule has 9 nitrogen and oxygen atoms in total. The highest BCUT2D eigenvalue weighted by atomic mass is 32.2. The number of ketones is 1. The zero-order valence-electron chi connectivity index (χ0n) is 18.5. The van der Waals surface area contributed by atoms with E-state index in [1.165, 1.54) is 23.3 Å². The molecule has 0 bridgehead atoms. The first-order chi connectivity index (χ1) is 15.9. The Morgan fingerprint density at radius 2 is 1.94 bits per heavy atom. The lowest BCUT2D eigenvalue weighted by molar-refractivity contribution is -0.113. The molecule has 1 aromatic carbocycles. The standard InChI is InChI=1S/C23H23N5O4S/c1-4-28-21-20(14(2)26-28)25-23(27(22(21)31)12-18-6-5-11-32-18)33-13-19(30)24-17-9-7-16(8-10-17)15(3)29/h5-11H,4,12-13H2,1-3H3,(H,24,30). The second-order valence-electron chi connectivity index (χ2n) is 7.43. The third-order valence-electron chi connectivity index (χ3n) is 5.08. The highest BCUT2D eigenvalue weighted by molar-refractivity contribution is 7.99. The lowest BCUT2D eigenvalue weighted by atomic mass is 10.1. The van der Waals surface area contributed by atoms with Crippen molar-refractivity contribution in [2.75, 3.05) is 11.1 Å². The van der Waals surface area contributed by atoms with Crippen molar-refractivity contribution in [3.8, 4) is 0 Å². The molecule has 1 N–H and O–H groups in total. The minimum atomic E-state index is -0.254. The van der Waals surface area contributed by atoms with Gasteiger partial charge in [-0.15, -0.1) is 0 Å². The highest BCUT2D eigenvalue weighted by Crippen LogP contribution is 2.21. The fourth-order valence-electron chi connectivity index (χ4n) is 3.44. The number of carbonyl (C=O) groups is 2. The molecule has 0 saturated carbocycles. The molecule has 4 aromatic rings. The molecule has 3 heterocycles. The number of aryl methyl sites for hydroxylation is 2. The zero-order valence-corrected chi connectivity index (χ0v) is 19.3. The van der Waals surface area contributed by atoms with Crippen LogP contribution < -0.4 is 10.9 Å². The Balaban J connectivity index is 1.60. The van der Waals surface area contributed by atoms with Crippen LogP contribution in [0.3, 0.4) is 0 Å². The monoisotopic (exact) mass is 465 g/mol. The van der Waals surface area contributed by atoms with Gasteiger partial charge in [0.15, 0.2) is 16.5 Å². The van der Waals surface area contributed by atoms with Crippen LogP contribution >= 0.6 is 11.8 Å². The topological polar surface area (TPSA) is 112 Å². The van der Waals surface area contributed by atoms with Gasteiger partial charge in [-0.25, -0.2) is 4.98 Å². The number of benzene rings is 1. The maximum absolute atomic E-state index is 13.4. The van der Waals surface area contributed by atoms with E-state index in [1.807, 2.05) is 13.8 Å². The lowest BCUT2D eigenvalue weighted by Crippen LogP contribution is -2.26. The Bertz CT molecular complexity index is 1370. The summed E-state index contributed by atoms with van der Waals surface area (Å²) in [5, 5.41) is 7.63. The van der Waals surface area contributed by atoms with E-state index in [-0.39, 0.29) is 29.5 Å². The van der Waals surface area contributed by atoms with Crippen LogP contribution in [-0.2, 0) is 17.9 Å². The van der Waals surface area contributed by atoms with E-state index in [2.05, 4.69) is 15.4 Å². The van der Waals surface area contributed by atoms with Gasteiger partial charge in [0, 0.05) is 17.8 Å². The minimum Gasteiger partial charge on any atom is -0.467 e. The number of aromatic nitrogens is 4. The number of Topliss-reactive ketones (excluding diaryl/α,β-unsaturated/α-hetero) is 1. The maximum atomic E-state index is 13.4. The van der Waals surface area contributed by atoms with E-state index >= 15 is 0 Å². The average molecular weight is 466 g/mol. The molecule has 0 fully saturated rings. The molecular weight excluding hydrogens is 442 g/mol. The predicted molar refractivity (Wildman–Crippen MR) is 126 cm³/mol. The van der Waals surface area contributed by atoms with Crippen molar-refractivity contribution >= 4 is 40.2 Å². The van der Waals surface area contributed by atoms with Crippen molar-refractivity contribution in [1.82, 2.24) is 19.3 Å². The fraction of sp³-hybridized carbons (Fsp3) is 0.261. The predicted octanol–water partition coefficient (Wildman–Crippen LogP) is 3.50. The highest BCUT2D eigenvalue weighted by Gasteiger charge is 2.19. The number of hydrogen-bond acceptors (Lipinski definition) is 7. The van der Waals surface area contributed by atoms with E-state index in [9.17, 15) is 14.4 Å². The smallest absolute Gasteiger partial charge is 0.280 e. The Morgan fingerprint density at radius 1 is 1.18 bits per heavy atom. The van der Waals surface area contributed by atoms with Gasteiger partial charge in [-0.1, -0.05) is 11.8 Å². The second kappa shape index (κ2) is 9.45. The number of carbonyl (C=O) groups excluding carboxylic acids is 2. The van der Waals surface area contributed by atoms with Gasteiger partial charge in [0.25, 0.3) is 5.56 Å². The molecule has 0 saturated heterocycles. The van der Waals surface area contributed by atoms with Gasteiger partial charge < -0.3 is 9.73 Å². The van der Waals surface area contributed by atoms with Crippen LogP contribution in [0.5, 0.6) is 0 Å². The normalized spacial score (nSPS) is 11.1. The molecule has 4 rings (SSSR count). The van der Waals surface area contributed by atoms with Crippen molar-refractivity contribution in [3.63, 3.8) is 0 Å². The summed E-state index contributed by atoms with van der Waals surface area (Å²) in [6, 6.07) is 10.2. The summed E-state index contributed by atoms with van der Waals surface area (Å²) in [6.07, 6.45) is 1.55. The largest absolute Gasteiger partial charge is 0.467 e. The number of hydrogen-bond donors (Lipinski definition) is 1. The SMILES string of the molecule is CCn1nc(C)c2nc(SCC(=O)Nc3ccc(C(C)=O)cc3)n(Cc3ccco3)c(=O)c21. The fourth-order valence-corrected chi connectivity index (χ4v) is 4.23. The summed E-state index contributed by atoms with van der Waals surface area (Å²) in [6.45, 7) is 5.95. The Labute approximate surface area is 193 Å². The Morgan fingerprint density at radius 3 is 2.58 bits per heavy atom. The van der Waals surface area contributed by atoms with E-state index in [0.717, 1.165) is 0 Å². The third-order valence-corrected chi connectivity index (χ3v) is 6.06. The van der Waals surface area contributed by atoms with Crippen molar-refractivity contribution < 1.29 is 14.0 Å². The first-order valence-corrected chi connectivity index (χ1v) is 11.4. The average Bonchev–Trinajstić information content (AvgIpc) is 3.42. The van der Waals surface area contributed by atoms with Gasteiger partial charge in [-0.3, -0.25) is 23.6 Å². The van der Waals surface area contributed by atoms with E-state index < -0.39 is 0 Å². The van der Waals surface area contributed by atoms with Crippen LogP contribution in [0.4, 0.5) is 5.69 Å². The van der Waals surface area contributed by atoms with Crippen molar-refractivity contribution in [1.29, 1.82) is 0 Å². The van der Waals surface area contributed by atoms with Crippen molar-refractivity contribution in [2.45, 2.75) is 39.0 Å². The number of nitrogens with zero attached hydrogens (tertiary/aromatic N) is 4. The maximum Gasteiger partial charge on any atom is 0.280 e. The zero-order chi connectivity index (χ0) is 23.5. The quantitative estimate of drug-likeness (QED) is 0.241. The number of rotatable bonds is 8. The van der Waals surface area contributed by atoms with Crippen molar-refractivity contribution in [3.05, 3.63) is 70.0 Å². The van der Waals surface area contributed by atoms with E-state index in [0.29, 0.717) is 45.4 Å². The number of furan rings is 1. The summed E-state index contributed by atoms with van der Waals surface area (Å²) < 4.78 is 8.58. The summed E-state index contributed by atoms with van der Waals surface area (Å²) in [7, 11) is 0. The molecule has 1 amide bonds. The molecule has 0 radical (unpaired) electrons. The number of amides is 1. The van der Waals surface area contributed by atoms with Crippen LogP contribution in [0.1, 0.15) is 35.7 Å². The van der Waals surface area contributed by atoms with Crippen LogP contribution in [0.2, 0.25) is 0 Å². The van der Waals surface area contributed by atoms with E-state index in [4.69, 9.17) is 4.42 Å². The number of fused-ring (bicyclic) bond motifs is 1.